The molecule has 0 radical (unpaired) electrons. The van der Waals surface area contributed by atoms with E-state index in [1.165, 1.54) is 44.0 Å². The van der Waals surface area contributed by atoms with Crippen LogP contribution in [0.3, 0.4) is 0 Å². The van der Waals surface area contributed by atoms with Crippen molar-refractivity contribution in [2.24, 2.45) is 10.8 Å². The fourth-order valence-corrected chi connectivity index (χ4v) is 6.67. The predicted molar refractivity (Wildman–Crippen MR) is 155 cm³/mol. The van der Waals surface area contributed by atoms with Gasteiger partial charge in [0.05, 0.1) is 11.9 Å². The normalized spacial score (nSPS) is 25.1. The molecule has 5 rings (SSSR count). The van der Waals surface area contributed by atoms with E-state index >= 15 is 4.39 Å². The van der Waals surface area contributed by atoms with Crippen molar-refractivity contribution in [3.05, 3.63) is 42.3 Å². The van der Waals surface area contributed by atoms with E-state index in [1.54, 1.807) is 12.1 Å². The van der Waals surface area contributed by atoms with Crippen molar-refractivity contribution in [2.75, 3.05) is 11.9 Å². The highest BCUT2D eigenvalue weighted by Gasteiger charge is 2.47. The Morgan fingerprint density at radius 2 is 1.74 bits per heavy atom. The zero-order chi connectivity index (χ0) is 27.3. The number of rotatable bonds is 6. The molecular formula is C27H35B3FN5O2. The summed E-state index contributed by atoms with van der Waals surface area (Å²) < 4.78 is 21.0. The third-order valence-electron chi connectivity index (χ3n) is 8.15. The van der Waals surface area contributed by atoms with Gasteiger partial charge in [-0.25, -0.2) is 4.39 Å². The standard InChI is InChI=1S/C27H35B3FN5O2/c1-25-7-4-8-26(2,15-25)13-17(12-25)36(3)23-6-5-21(33-34-23)19-10-20(31)18(11-22(19)37)16-9-24(35-32-14-16)38-27(28,29)30/h5-6,9-11,14,17,37H,4,7-8,12-13,15,28-30H2,1-3H3/t17-,25-,26+. The predicted octanol–water partition coefficient (Wildman–Crippen LogP) is 2.52. The van der Waals surface area contributed by atoms with Gasteiger partial charge in [0.1, 0.15) is 35.1 Å². The second-order valence-electron chi connectivity index (χ2n) is 12.9. The molecule has 11 heteroatoms. The van der Waals surface area contributed by atoms with Crippen LogP contribution in [-0.2, 0) is 0 Å². The summed E-state index contributed by atoms with van der Waals surface area (Å²) in [5.41, 5.74) is 2.12. The van der Waals surface area contributed by atoms with Gasteiger partial charge in [-0.2, -0.15) is 5.10 Å². The summed E-state index contributed by atoms with van der Waals surface area (Å²) in [5.74, 6) is 0.475. The van der Waals surface area contributed by atoms with Crippen LogP contribution in [0.1, 0.15) is 52.4 Å². The zero-order valence-electron chi connectivity index (χ0n) is 23.3. The summed E-state index contributed by atoms with van der Waals surface area (Å²) in [6.07, 6.45) is 8.96. The van der Waals surface area contributed by atoms with E-state index in [1.807, 2.05) is 29.6 Å². The largest absolute Gasteiger partial charge is 0.507 e. The summed E-state index contributed by atoms with van der Waals surface area (Å²) in [5, 5.41) is 27.1. The average Bonchev–Trinajstić information content (AvgIpc) is 2.82. The summed E-state index contributed by atoms with van der Waals surface area (Å²) in [6, 6.07) is 8.39. The van der Waals surface area contributed by atoms with Gasteiger partial charge in [-0.05, 0) is 67.2 Å². The molecule has 0 amide bonds. The molecule has 0 aliphatic heterocycles. The number of nitrogens with zero attached hydrogens (tertiary/aromatic N) is 5. The Labute approximate surface area is 226 Å². The second-order valence-corrected chi connectivity index (χ2v) is 12.9. The number of benzene rings is 1. The second kappa shape index (κ2) is 9.58. The smallest absolute Gasteiger partial charge is 0.232 e. The van der Waals surface area contributed by atoms with Gasteiger partial charge in [0, 0.05) is 41.1 Å². The molecule has 0 saturated heterocycles. The number of phenols is 1. The molecule has 196 valence electrons. The van der Waals surface area contributed by atoms with Crippen LogP contribution in [0, 0.1) is 16.6 Å². The minimum atomic E-state index is -0.509. The number of ether oxygens (including phenoxy) is 1. The minimum absolute atomic E-state index is 0.0899. The Morgan fingerprint density at radius 1 is 1.03 bits per heavy atom. The van der Waals surface area contributed by atoms with Crippen LogP contribution in [0.25, 0.3) is 22.4 Å². The SMILES string of the molecule is BC(B)(B)Oc1cc(-c2cc(O)c(-c3ccc(N(C)[C@H]4C[C@]5(C)CCC[C@](C)(C4)C5)nn3)cc2F)cnn1. The number of phenolic OH excluding ortho intramolecular Hbond substituents is 1. The van der Waals surface area contributed by atoms with Crippen molar-refractivity contribution in [1.29, 1.82) is 0 Å². The number of hydrogen-bond acceptors (Lipinski definition) is 7. The molecule has 7 nitrogen and oxygen atoms in total. The highest BCUT2D eigenvalue weighted by molar-refractivity contribution is 6.58. The third kappa shape index (κ3) is 5.52. The summed E-state index contributed by atoms with van der Waals surface area (Å²) in [4.78, 5) is 2.25. The molecule has 2 aliphatic carbocycles. The molecule has 0 unspecified atom stereocenters. The maximum Gasteiger partial charge on any atom is 0.232 e. The van der Waals surface area contributed by atoms with E-state index < -0.39 is 11.1 Å². The van der Waals surface area contributed by atoms with Crippen molar-refractivity contribution in [3.63, 3.8) is 0 Å². The summed E-state index contributed by atoms with van der Waals surface area (Å²) in [7, 11) is 7.78. The zero-order valence-corrected chi connectivity index (χ0v) is 23.3. The van der Waals surface area contributed by atoms with Crippen LogP contribution >= 0.6 is 0 Å². The molecule has 3 atom stereocenters. The first kappa shape index (κ1) is 26.5. The quantitative estimate of drug-likeness (QED) is 0.508. The maximum absolute atomic E-state index is 15.2. The van der Waals surface area contributed by atoms with Gasteiger partial charge < -0.3 is 14.7 Å². The Hall–Kier alpha value is -3.10. The highest BCUT2D eigenvalue weighted by atomic mass is 19.1. The van der Waals surface area contributed by atoms with Crippen LogP contribution < -0.4 is 9.64 Å². The molecule has 2 heterocycles. The Balaban J connectivity index is 1.37. The van der Waals surface area contributed by atoms with E-state index in [0.717, 1.165) is 18.7 Å². The fourth-order valence-electron chi connectivity index (χ4n) is 6.67. The molecule has 0 spiro atoms. The van der Waals surface area contributed by atoms with Gasteiger partial charge in [-0.15, -0.1) is 15.3 Å². The molecule has 3 aromatic rings. The molecule has 1 N–H and O–H groups in total. The maximum atomic E-state index is 15.2. The number of aromatic hydroxyl groups is 1. The van der Waals surface area contributed by atoms with Crippen molar-refractivity contribution < 1.29 is 14.2 Å². The van der Waals surface area contributed by atoms with Gasteiger partial charge in [0.2, 0.25) is 5.88 Å². The number of fused-ring (bicyclic) bond motifs is 2. The van der Waals surface area contributed by atoms with Crippen LogP contribution in [0.15, 0.2) is 36.5 Å². The van der Waals surface area contributed by atoms with E-state index in [0.29, 0.717) is 28.1 Å². The number of aromatic nitrogens is 4. The first-order chi connectivity index (χ1) is 17.8. The first-order valence-electron chi connectivity index (χ1n) is 13.4. The highest BCUT2D eigenvalue weighted by Crippen LogP contribution is 2.56. The van der Waals surface area contributed by atoms with Crippen LogP contribution in [-0.4, -0.2) is 67.4 Å². The van der Waals surface area contributed by atoms with Crippen molar-refractivity contribution in [2.45, 2.75) is 63.7 Å². The van der Waals surface area contributed by atoms with Crippen LogP contribution in [0.4, 0.5) is 10.2 Å². The summed E-state index contributed by atoms with van der Waals surface area (Å²) in [6.45, 7) is 4.86. The van der Waals surface area contributed by atoms with Gasteiger partial charge in [-0.3, -0.25) is 0 Å². The van der Waals surface area contributed by atoms with Crippen molar-refractivity contribution in [3.8, 4) is 34.0 Å². The van der Waals surface area contributed by atoms with Crippen LogP contribution in [0.5, 0.6) is 11.6 Å². The van der Waals surface area contributed by atoms with Crippen molar-refractivity contribution in [1.82, 2.24) is 20.4 Å². The number of halogens is 1. The summed E-state index contributed by atoms with van der Waals surface area (Å²) >= 11 is 0. The lowest BCUT2D eigenvalue weighted by Gasteiger charge is -2.54. The lowest BCUT2D eigenvalue weighted by molar-refractivity contribution is 0.0141. The Kier molecular flexibility index (Phi) is 6.68. The topological polar surface area (TPSA) is 84.3 Å². The minimum Gasteiger partial charge on any atom is -0.507 e. The van der Waals surface area contributed by atoms with E-state index in [4.69, 9.17) is 4.74 Å². The number of hydrogen-bond donors (Lipinski definition) is 1. The molecule has 2 saturated carbocycles. The van der Waals surface area contributed by atoms with Gasteiger partial charge >= 0.3 is 0 Å². The average molecular weight is 513 g/mol. The third-order valence-corrected chi connectivity index (χ3v) is 8.15. The molecule has 38 heavy (non-hydrogen) atoms. The molecular weight excluding hydrogens is 478 g/mol. The number of anilines is 1. The molecule has 2 bridgehead atoms. The molecule has 1 aromatic carbocycles. The Morgan fingerprint density at radius 3 is 2.37 bits per heavy atom. The van der Waals surface area contributed by atoms with Gasteiger partial charge in [0.25, 0.3) is 0 Å². The lowest BCUT2D eigenvalue weighted by atomic mass is 9.52. The van der Waals surface area contributed by atoms with Gasteiger partial charge in [-0.1, -0.05) is 20.3 Å². The van der Waals surface area contributed by atoms with Gasteiger partial charge in [0.15, 0.2) is 5.82 Å². The Bertz CT molecular complexity index is 1320. The fraction of sp³-hybridized carbons (Fsp3) is 0.481. The van der Waals surface area contributed by atoms with E-state index in [-0.39, 0.29) is 22.8 Å². The van der Waals surface area contributed by atoms with E-state index in [9.17, 15) is 5.11 Å². The molecule has 2 fully saturated rings. The first-order valence-corrected chi connectivity index (χ1v) is 13.4. The molecule has 2 aliphatic rings. The molecule has 2 aromatic heterocycles. The lowest BCUT2D eigenvalue weighted by Crippen LogP contribution is -2.49. The van der Waals surface area contributed by atoms with Crippen molar-refractivity contribution >= 4 is 29.4 Å². The van der Waals surface area contributed by atoms with Crippen LogP contribution in [0.2, 0.25) is 0 Å². The monoisotopic (exact) mass is 513 g/mol. The van der Waals surface area contributed by atoms with E-state index in [2.05, 4.69) is 46.2 Å².